The van der Waals surface area contributed by atoms with E-state index < -0.39 is 0 Å². The van der Waals surface area contributed by atoms with Gasteiger partial charge in [-0.1, -0.05) is 262 Å². The summed E-state index contributed by atoms with van der Waals surface area (Å²) in [5.74, 6) is 0. The maximum atomic E-state index is 2.61. The molecule has 14 aromatic rings. The summed E-state index contributed by atoms with van der Waals surface area (Å²) in [7, 11) is 0. The lowest BCUT2D eigenvalue weighted by molar-refractivity contribution is 0.597. The number of rotatable bonds is 7. The molecule has 0 saturated carbocycles. The lowest BCUT2D eigenvalue weighted by atomic mass is 9.65. The van der Waals surface area contributed by atoms with Gasteiger partial charge in [-0.05, 0) is 229 Å². The molecule has 4 heterocycles. The Balaban J connectivity index is 0.728. The second kappa shape index (κ2) is 20.3. The molecule has 0 radical (unpaired) electrons. The van der Waals surface area contributed by atoms with Gasteiger partial charge in [-0.3, -0.25) is 0 Å². The van der Waals surface area contributed by atoms with Crippen molar-refractivity contribution in [1.82, 2.24) is 0 Å². The number of nitrogens with zero attached hydrogens (tertiary/aromatic N) is 2. The van der Waals surface area contributed by atoms with Gasteiger partial charge in [0.25, 0.3) is 0 Å². The molecule has 0 bridgehead atoms. The largest absolute Gasteiger partial charge is 0.309 e. The Morgan fingerprint density at radius 3 is 0.691 bits per heavy atom. The summed E-state index contributed by atoms with van der Waals surface area (Å²) in [6, 6.07) is 110. The minimum absolute atomic E-state index is 0.296. The first-order chi connectivity index (χ1) is 45.6. The molecule has 2 heteroatoms. The Hall–Kier alpha value is -10.8. The minimum Gasteiger partial charge on any atom is -0.309 e. The molecule has 14 aromatic carbocycles. The van der Waals surface area contributed by atoms with Crippen LogP contribution >= 0.6 is 0 Å². The molecule has 0 fully saturated rings. The minimum atomic E-state index is -0.327. The van der Waals surface area contributed by atoms with E-state index in [9.17, 15) is 0 Å². The topological polar surface area (TPSA) is 6.48 Å². The zero-order valence-corrected chi connectivity index (χ0v) is 54.6. The van der Waals surface area contributed by atoms with Crippen molar-refractivity contribution in [2.75, 3.05) is 9.80 Å². The number of hydrogen-bond acceptors (Lipinski definition) is 2. The Morgan fingerprint density at radius 2 is 0.383 bits per heavy atom. The van der Waals surface area contributed by atoms with Gasteiger partial charge in [-0.25, -0.2) is 0 Å². The van der Waals surface area contributed by atoms with Crippen LogP contribution in [-0.4, -0.2) is 0 Å². The molecule has 94 heavy (non-hydrogen) atoms. The Bertz CT molecular complexity index is 5180. The van der Waals surface area contributed by atoms with Gasteiger partial charge in [-0.15, -0.1) is 0 Å². The van der Waals surface area contributed by atoms with E-state index in [0.29, 0.717) is 0 Å². The van der Waals surface area contributed by atoms with Crippen LogP contribution in [0.1, 0.15) is 99.9 Å². The highest BCUT2D eigenvalue weighted by molar-refractivity contribution is 5.99. The van der Waals surface area contributed by atoms with Gasteiger partial charge in [0.15, 0.2) is 0 Å². The molecule has 2 nitrogen and oxygen atoms in total. The van der Waals surface area contributed by atoms with E-state index in [-0.39, 0.29) is 21.7 Å². The molecule has 0 spiro atoms. The third-order valence-electron chi connectivity index (χ3n) is 22.2. The molecule has 0 amide bonds. The molecule has 0 atom stereocenters. The molecule has 0 saturated heterocycles. The zero-order chi connectivity index (χ0) is 63.6. The van der Waals surface area contributed by atoms with Crippen molar-refractivity contribution < 1.29 is 0 Å². The molecule has 0 N–H and O–H groups in total. The van der Waals surface area contributed by atoms with E-state index in [2.05, 4.69) is 356 Å². The van der Waals surface area contributed by atoms with Gasteiger partial charge in [0.05, 0.1) is 34.1 Å². The van der Waals surface area contributed by atoms with Crippen LogP contribution in [0.25, 0.3) is 99.4 Å². The van der Waals surface area contributed by atoms with Crippen molar-refractivity contribution in [3.8, 4) is 77.9 Å². The number of hydrogen-bond donors (Lipinski definition) is 0. The molecule has 0 aromatic heterocycles. The van der Waals surface area contributed by atoms with Crippen LogP contribution in [0.15, 0.2) is 291 Å². The molecular weight excluding hydrogens is 1130 g/mol. The SMILES string of the molecule is CC1(C)c2cc(-c3ccccc3)ccc2N2c3ccc(-c4ccccc4)cc3C(C)(C)c3cc(-c4ccc(-c5ccc(-c6cc7c8c(c6)C(C)(C)c6cc(-c9ccc%10ccccc%10c9)ccc6N8c6ccc(-c8ccc9ccccc9c8)cc6C7(C)C)cc5)cc4)cc1c32. The van der Waals surface area contributed by atoms with Crippen LogP contribution in [0, 0.1) is 0 Å². The van der Waals surface area contributed by atoms with Crippen LogP contribution in [0.5, 0.6) is 0 Å². The summed E-state index contributed by atoms with van der Waals surface area (Å²) in [4.78, 5) is 5.19. The van der Waals surface area contributed by atoms with Crippen molar-refractivity contribution in [3.63, 3.8) is 0 Å². The van der Waals surface area contributed by atoms with Crippen LogP contribution in [0.2, 0.25) is 0 Å². The fraction of sp³-hybridized carbons (Fsp3) is 0.130. The summed E-state index contributed by atoms with van der Waals surface area (Å²) in [6.07, 6.45) is 0. The van der Waals surface area contributed by atoms with E-state index in [0.717, 1.165) is 0 Å². The fourth-order valence-electron chi connectivity index (χ4n) is 16.7. The summed E-state index contributed by atoms with van der Waals surface area (Å²) in [5, 5.41) is 5.02. The summed E-state index contributed by atoms with van der Waals surface area (Å²) in [6.45, 7) is 19.5. The van der Waals surface area contributed by atoms with E-state index >= 15 is 0 Å². The highest BCUT2D eigenvalue weighted by atomic mass is 15.2. The van der Waals surface area contributed by atoms with Crippen molar-refractivity contribution in [1.29, 1.82) is 0 Å². The predicted molar refractivity (Wildman–Crippen MR) is 397 cm³/mol. The first kappa shape index (κ1) is 56.0. The molecule has 0 aliphatic carbocycles. The second-order valence-corrected chi connectivity index (χ2v) is 28.9. The van der Waals surface area contributed by atoms with Crippen molar-refractivity contribution in [3.05, 3.63) is 336 Å². The van der Waals surface area contributed by atoms with Crippen molar-refractivity contribution in [2.24, 2.45) is 0 Å². The molecule has 18 rings (SSSR count). The van der Waals surface area contributed by atoms with E-state index in [1.165, 1.54) is 178 Å². The van der Waals surface area contributed by atoms with Crippen LogP contribution in [0.3, 0.4) is 0 Å². The maximum Gasteiger partial charge on any atom is 0.0544 e. The van der Waals surface area contributed by atoms with Crippen LogP contribution in [-0.2, 0) is 21.7 Å². The first-order valence-electron chi connectivity index (χ1n) is 33.4. The Kier molecular flexibility index (Phi) is 12.1. The lowest BCUT2D eigenvalue weighted by Crippen LogP contribution is -2.38. The second-order valence-electron chi connectivity index (χ2n) is 28.9. The molecular formula is C92H72N2. The summed E-state index contributed by atoms with van der Waals surface area (Å²) >= 11 is 0. The standard InChI is InChI=1S/C92H72N2/c1-89(2)75-49-69(57-19-11-9-12-20-57)39-43-83(75)93-84-44-40-70(58-21-13-10-14-22-58)50-76(84)90(3,4)80-54-73(53-79(89)87(80)93)63-31-27-61(28-32-63)62-29-33-64(34-30-62)74-55-81-88-82(56-74)92(7,8)78-52-72(68-38-36-60-24-16-18-26-66(60)48-68)42-46-86(78)94(88)85-45-41-71(51-77(85)91(81,5)6)67-37-35-59-23-15-17-25-65(59)47-67/h9-56H,1-8H3. The highest BCUT2D eigenvalue weighted by Gasteiger charge is 2.48. The maximum absolute atomic E-state index is 2.61. The van der Waals surface area contributed by atoms with Crippen molar-refractivity contribution in [2.45, 2.75) is 77.0 Å². The van der Waals surface area contributed by atoms with Crippen molar-refractivity contribution >= 4 is 55.7 Å². The molecule has 4 aliphatic rings. The van der Waals surface area contributed by atoms with Gasteiger partial charge in [0, 0.05) is 21.7 Å². The number of fused-ring (bicyclic) bond motifs is 10. The van der Waals surface area contributed by atoms with Crippen LogP contribution in [0.4, 0.5) is 34.1 Å². The lowest BCUT2D eigenvalue weighted by Gasteiger charge is -2.50. The molecule has 450 valence electrons. The van der Waals surface area contributed by atoms with Gasteiger partial charge in [0.1, 0.15) is 0 Å². The monoisotopic (exact) mass is 1200 g/mol. The van der Waals surface area contributed by atoms with Gasteiger partial charge < -0.3 is 9.80 Å². The quantitative estimate of drug-likeness (QED) is 0.157. The van der Waals surface area contributed by atoms with Crippen LogP contribution < -0.4 is 9.80 Å². The summed E-state index contributed by atoms with van der Waals surface area (Å²) < 4.78 is 0. The molecule has 4 aliphatic heterocycles. The van der Waals surface area contributed by atoms with Gasteiger partial charge >= 0.3 is 0 Å². The third-order valence-corrected chi connectivity index (χ3v) is 22.2. The smallest absolute Gasteiger partial charge is 0.0544 e. The fourth-order valence-corrected chi connectivity index (χ4v) is 16.7. The third kappa shape index (κ3) is 8.41. The average molecular weight is 1210 g/mol. The number of benzene rings is 14. The highest BCUT2D eigenvalue weighted by Crippen LogP contribution is 2.64. The zero-order valence-electron chi connectivity index (χ0n) is 54.6. The van der Waals surface area contributed by atoms with Gasteiger partial charge in [0.2, 0.25) is 0 Å². The Morgan fingerprint density at radius 1 is 0.170 bits per heavy atom. The Labute approximate surface area is 552 Å². The average Bonchev–Trinajstić information content (AvgIpc) is 0.693. The number of anilines is 6. The van der Waals surface area contributed by atoms with Gasteiger partial charge in [-0.2, -0.15) is 0 Å². The van der Waals surface area contributed by atoms with E-state index in [1.807, 2.05) is 0 Å². The van der Waals surface area contributed by atoms with E-state index in [4.69, 9.17) is 0 Å². The summed E-state index contributed by atoms with van der Waals surface area (Å²) in [5.41, 5.74) is 34.2. The molecule has 0 unspecified atom stereocenters. The first-order valence-corrected chi connectivity index (χ1v) is 33.4. The van der Waals surface area contributed by atoms with E-state index in [1.54, 1.807) is 0 Å². The predicted octanol–water partition coefficient (Wildman–Crippen LogP) is 25.2. The normalized spacial score (nSPS) is 15.3.